The first-order valence-corrected chi connectivity index (χ1v) is 13.4. The maximum atomic E-state index is 13.5. The highest BCUT2D eigenvalue weighted by atomic mass is 16.5. The number of nitrogens with one attached hydrogen (secondary N) is 1. The highest BCUT2D eigenvalue weighted by Gasteiger charge is 2.25. The molecule has 1 aliphatic heterocycles. The van der Waals surface area contributed by atoms with E-state index in [0.29, 0.717) is 44.0 Å². The van der Waals surface area contributed by atoms with Crippen LogP contribution in [0.25, 0.3) is 17.2 Å². The average Bonchev–Trinajstić information content (AvgIpc) is 3.10. The third-order valence-corrected chi connectivity index (χ3v) is 6.27. The fraction of sp³-hybridized carbons (Fsp3) is 0.448. The molecule has 2 aromatic rings. The molecule has 3 rings (SSSR count). The van der Waals surface area contributed by atoms with E-state index in [0.717, 1.165) is 34.4 Å². The normalized spacial score (nSPS) is 14.8. The van der Waals surface area contributed by atoms with Crippen LogP contribution in [0.15, 0.2) is 63.6 Å². The molecule has 2 aromatic carbocycles. The quantitative estimate of drug-likeness (QED) is 0.0888. The summed E-state index contributed by atoms with van der Waals surface area (Å²) in [7, 11) is 0. The standard InChI is InChI=1S/C29H38N6O4/c1-4-13-35(14-5-12-31-38)29(37)25-16-24-11-10-23(17-26(24)32-27(18-25)33-34-30)22-8-6-21(7-9-22)15-28(36)39-19-20(2)3/h6-11,16-17,20,27,32H,4-5,12-15,18-19H2,1-3H3,(H2,30,33). The molecule has 10 nitrogen and oxygen atoms in total. The minimum atomic E-state index is -0.513. The number of carbonyl (C=O) groups is 2. The molecular formula is C29H38N6O4. The van der Waals surface area contributed by atoms with E-state index >= 15 is 0 Å². The summed E-state index contributed by atoms with van der Waals surface area (Å²) in [5.41, 5.74) is 5.09. The van der Waals surface area contributed by atoms with E-state index in [2.05, 4.69) is 20.8 Å². The summed E-state index contributed by atoms with van der Waals surface area (Å²) in [6.07, 6.45) is 3.23. The van der Waals surface area contributed by atoms with Crippen LogP contribution < -0.4 is 11.2 Å². The van der Waals surface area contributed by atoms with Gasteiger partial charge in [0.15, 0.2) is 0 Å². The van der Waals surface area contributed by atoms with Crippen molar-refractivity contribution in [1.82, 2.24) is 4.90 Å². The number of hydrogen-bond acceptors (Lipinski definition) is 8. The first kappa shape index (κ1) is 29.5. The van der Waals surface area contributed by atoms with Crippen molar-refractivity contribution in [1.29, 1.82) is 0 Å². The van der Waals surface area contributed by atoms with Gasteiger partial charge in [-0.25, -0.2) is 0 Å². The van der Waals surface area contributed by atoms with E-state index in [4.69, 9.17) is 10.6 Å². The molecule has 1 heterocycles. The van der Waals surface area contributed by atoms with Crippen molar-refractivity contribution >= 4 is 23.6 Å². The highest BCUT2D eigenvalue weighted by molar-refractivity contribution is 5.99. The summed E-state index contributed by atoms with van der Waals surface area (Å²) in [5.74, 6) is 5.34. The number of anilines is 1. The molecule has 3 N–H and O–H groups in total. The Labute approximate surface area is 229 Å². The van der Waals surface area contributed by atoms with Gasteiger partial charge in [0.05, 0.1) is 19.6 Å². The predicted octanol–water partition coefficient (Wildman–Crippen LogP) is 5.34. The number of benzene rings is 2. The van der Waals surface area contributed by atoms with Gasteiger partial charge in [-0.15, -0.1) is 5.11 Å². The van der Waals surface area contributed by atoms with Crippen LogP contribution in [-0.4, -0.2) is 49.2 Å². The van der Waals surface area contributed by atoms with E-state index in [9.17, 15) is 14.5 Å². The number of nitroso groups, excluding NO2 is 1. The Kier molecular flexibility index (Phi) is 11.1. The SMILES string of the molecule is CCCN(CCCN=O)C(=O)C1=Cc2ccc(-c3ccc(CC(=O)OCC(C)C)cc3)cc2NC(N=NN)C1. The number of amides is 1. The van der Waals surface area contributed by atoms with Crippen LogP contribution in [0, 0.1) is 10.8 Å². The van der Waals surface area contributed by atoms with Crippen molar-refractivity contribution in [3.8, 4) is 11.1 Å². The molecule has 0 saturated carbocycles. The number of ether oxygens (including phenoxy) is 1. The van der Waals surface area contributed by atoms with Crippen LogP contribution in [0.5, 0.6) is 0 Å². The summed E-state index contributed by atoms with van der Waals surface area (Å²) >= 11 is 0. The summed E-state index contributed by atoms with van der Waals surface area (Å²) in [6.45, 7) is 7.65. The number of rotatable bonds is 13. The van der Waals surface area contributed by atoms with Gasteiger partial charge in [0.2, 0.25) is 5.91 Å². The summed E-state index contributed by atoms with van der Waals surface area (Å²) in [6, 6.07) is 13.8. The second-order valence-corrected chi connectivity index (χ2v) is 10.0. The average molecular weight is 535 g/mol. The Morgan fingerprint density at radius 1 is 1.13 bits per heavy atom. The highest BCUT2D eigenvalue weighted by Crippen LogP contribution is 2.32. The van der Waals surface area contributed by atoms with Crippen LogP contribution in [0.2, 0.25) is 0 Å². The van der Waals surface area contributed by atoms with Crippen LogP contribution in [0.1, 0.15) is 51.2 Å². The van der Waals surface area contributed by atoms with Gasteiger partial charge in [0, 0.05) is 30.8 Å². The fourth-order valence-corrected chi connectivity index (χ4v) is 4.38. The number of esters is 1. The van der Waals surface area contributed by atoms with Crippen LogP contribution in [-0.2, 0) is 20.7 Å². The molecule has 0 spiro atoms. The van der Waals surface area contributed by atoms with Gasteiger partial charge >= 0.3 is 5.97 Å². The van der Waals surface area contributed by atoms with E-state index in [1.807, 2.05) is 69.3 Å². The Bertz CT molecular complexity index is 1190. The number of nitrogens with two attached hydrogens (primary N) is 1. The van der Waals surface area contributed by atoms with Gasteiger partial charge < -0.3 is 20.8 Å². The topological polar surface area (TPSA) is 139 Å². The van der Waals surface area contributed by atoms with Crippen molar-refractivity contribution in [3.63, 3.8) is 0 Å². The minimum Gasteiger partial charge on any atom is -0.465 e. The zero-order valence-electron chi connectivity index (χ0n) is 22.9. The van der Waals surface area contributed by atoms with Crippen molar-refractivity contribution in [2.45, 2.75) is 52.6 Å². The Morgan fingerprint density at radius 2 is 1.87 bits per heavy atom. The summed E-state index contributed by atoms with van der Waals surface area (Å²) in [4.78, 5) is 37.8. The second-order valence-electron chi connectivity index (χ2n) is 10.0. The number of carbonyl (C=O) groups excluding carboxylic acids is 2. The van der Waals surface area contributed by atoms with E-state index in [1.54, 1.807) is 4.90 Å². The molecule has 1 aliphatic rings. The molecule has 208 valence electrons. The Hall–Kier alpha value is -4.08. The van der Waals surface area contributed by atoms with Crippen molar-refractivity contribution < 1.29 is 14.3 Å². The zero-order chi connectivity index (χ0) is 28.2. The Balaban J connectivity index is 1.83. The lowest BCUT2D eigenvalue weighted by atomic mass is 9.99. The first-order valence-electron chi connectivity index (χ1n) is 13.4. The first-order chi connectivity index (χ1) is 18.8. The molecule has 1 amide bonds. The maximum absolute atomic E-state index is 13.5. The van der Waals surface area contributed by atoms with Gasteiger partial charge in [-0.05, 0) is 53.2 Å². The smallest absolute Gasteiger partial charge is 0.310 e. The molecule has 0 aromatic heterocycles. The summed E-state index contributed by atoms with van der Waals surface area (Å²) < 4.78 is 5.28. The van der Waals surface area contributed by atoms with Crippen LogP contribution in [0.4, 0.5) is 5.69 Å². The van der Waals surface area contributed by atoms with Gasteiger partial charge in [-0.1, -0.05) is 67.6 Å². The number of hydrogen-bond donors (Lipinski definition) is 2. The van der Waals surface area contributed by atoms with Gasteiger partial charge in [-0.3, -0.25) is 9.59 Å². The molecule has 0 bridgehead atoms. The zero-order valence-corrected chi connectivity index (χ0v) is 22.9. The third-order valence-electron chi connectivity index (χ3n) is 6.27. The lowest BCUT2D eigenvalue weighted by Gasteiger charge is -2.23. The van der Waals surface area contributed by atoms with E-state index in [-0.39, 0.29) is 24.8 Å². The molecule has 0 saturated heterocycles. The lowest BCUT2D eigenvalue weighted by molar-refractivity contribution is -0.143. The van der Waals surface area contributed by atoms with E-state index in [1.165, 1.54) is 0 Å². The molecule has 0 radical (unpaired) electrons. The van der Waals surface area contributed by atoms with Crippen molar-refractivity contribution in [2.75, 3.05) is 31.6 Å². The largest absolute Gasteiger partial charge is 0.465 e. The molecule has 1 unspecified atom stereocenters. The summed E-state index contributed by atoms with van der Waals surface area (Å²) in [5, 5.41) is 13.8. The van der Waals surface area contributed by atoms with Crippen LogP contribution >= 0.6 is 0 Å². The minimum absolute atomic E-state index is 0.0961. The maximum Gasteiger partial charge on any atom is 0.310 e. The molecule has 0 aliphatic carbocycles. The fourth-order valence-electron chi connectivity index (χ4n) is 4.38. The molecule has 0 fully saturated rings. The van der Waals surface area contributed by atoms with Gasteiger partial charge in [0.1, 0.15) is 6.17 Å². The second kappa shape index (κ2) is 14.8. The number of nitrogens with zero attached hydrogens (tertiary/aromatic N) is 4. The predicted molar refractivity (Wildman–Crippen MR) is 153 cm³/mol. The van der Waals surface area contributed by atoms with E-state index < -0.39 is 6.17 Å². The molecule has 10 heteroatoms. The van der Waals surface area contributed by atoms with Gasteiger partial charge in [-0.2, -0.15) is 4.91 Å². The lowest BCUT2D eigenvalue weighted by Crippen LogP contribution is -2.35. The van der Waals surface area contributed by atoms with Gasteiger partial charge in [0.25, 0.3) is 0 Å². The van der Waals surface area contributed by atoms with Crippen molar-refractivity contribution in [3.05, 3.63) is 64.1 Å². The monoisotopic (exact) mass is 534 g/mol. The third kappa shape index (κ3) is 8.73. The van der Waals surface area contributed by atoms with Crippen LogP contribution in [0.3, 0.4) is 0 Å². The molecule has 39 heavy (non-hydrogen) atoms. The van der Waals surface area contributed by atoms with Crippen molar-refractivity contribution in [2.24, 2.45) is 27.3 Å². The Morgan fingerprint density at radius 3 is 2.54 bits per heavy atom. The molecular weight excluding hydrogens is 496 g/mol. The number of fused-ring (bicyclic) bond motifs is 1. The molecule has 1 atom stereocenters.